The van der Waals surface area contributed by atoms with Crippen LogP contribution in [0.3, 0.4) is 0 Å². The van der Waals surface area contributed by atoms with Gasteiger partial charge in [-0.15, -0.1) is 0 Å². The molecule has 1 aromatic rings. The fourth-order valence-electron chi connectivity index (χ4n) is 3.00. The Morgan fingerprint density at radius 2 is 2.28 bits per heavy atom. The van der Waals surface area contributed by atoms with Crippen LogP contribution in [0.15, 0.2) is 18.2 Å². The molecule has 1 atom stereocenters. The highest BCUT2D eigenvalue weighted by atomic mass is 16.2. The van der Waals surface area contributed by atoms with E-state index in [1.165, 1.54) is 11.1 Å². The summed E-state index contributed by atoms with van der Waals surface area (Å²) in [5.41, 5.74) is 3.88. The van der Waals surface area contributed by atoms with E-state index in [-0.39, 0.29) is 0 Å². The number of rotatable bonds is 1. The van der Waals surface area contributed by atoms with E-state index in [1.54, 1.807) is 0 Å². The second-order valence-electron chi connectivity index (χ2n) is 5.48. The maximum Gasteiger partial charge on any atom is 0.227 e. The number of fused-ring (bicyclic) bond motifs is 1. The number of carbonyl (C=O) groups excluding carboxylic acids is 1. The smallest absolute Gasteiger partial charge is 0.227 e. The molecule has 1 amide bonds. The third kappa shape index (κ3) is 2.03. The molecule has 1 aromatic carbocycles. The first-order valence-electron chi connectivity index (χ1n) is 6.87. The van der Waals surface area contributed by atoms with Crippen LogP contribution in [0.2, 0.25) is 0 Å². The number of amides is 1. The summed E-state index contributed by atoms with van der Waals surface area (Å²) in [7, 11) is 0. The number of carbonyl (C=O) groups is 1. The van der Waals surface area contributed by atoms with Crippen LogP contribution in [0.25, 0.3) is 0 Å². The Morgan fingerprint density at radius 1 is 1.39 bits per heavy atom. The van der Waals surface area contributed by atoms with E-state index in [9.17, 15) is 4.79 Å². The molecule has 1 saturated heterocycles. The largest absolute Gasteiger partial charge is 0.312 e. The van der Waals surface area contributed by atoms with Gasteiger partial charge in [0.2, 0.25) is 5.91 Å². The zero-order chi connectivity index (χ0) is 12.5. The maximum absolute atomic E-state index is 12.2. The number of benzene rings is 1. The van der Waals surface area contributed by atoms with Crippen molar-refractivity contribution in [3.05, 3.63) is 29.3 Å². The van der Waals surface area contributed by atoms with Crippen molar-refractivity contribution in [3.63, 3.8) is 0 Å². The standard InChI is InChI=1S/C15H20N2O/c1-11-6-8-17(15(18)9-11)14-4-2-3-12-10-16-7-5-13(12)14/h2-4,11,16H,5-10H2,1H3. The molecule has 1 fully saturated rings. The fourth-order valence-corrected chi connectivity index (χ4v) is 3.00. The van der Waals surface area contributed by atoms with Gasteiger partial charge in [0.25, 0.3) is 0 Å². The van der Waals surface area contributed by atoms with E-state index < -0.39 is 0 Å². The van der Waals surface area contributed by atoms with Crippen LogP contribution in [0.5, 0.6) is 0 Å². The summed E-state index contributed by atoms with van der Waals surface area (Å²) in [6.45, 7) is 4.99. The number of piperidine rings is 1. The fraction of sp³-hybridized carbons (Fsp3) is 0.533. The zero-order valence-electron chi connectivity index (χ0n) is 10.9. The van der Waals surface area contributed by atoms with Gasteiger partial charge < -0.3 is 10.2 Å². The second kappa shape index (κ2) is 4.73. The highest BCUT2D eigenvalue weighted by Crippen LogP contribution is 2.30. The molecule has 18 heavy (non-hydrogen) atoms. The number of anilines is 1. The molecule has 2 aliphatic heterocycles. The van der Waals surface area contributed by atoms with Crippen molar-refractivity contribution in [2.75, 3.05) is 18.0 Å². The molecule has 3 heteroatoms. The van der Waals surface area contributed by atoms with Gasteiger partial charge in [0.05, 0.1) is 0 Å². The van der Waals surface area contributed by atoms with Gasteiger partial charge in [-0.25, -0.2) is 0 Å². The number of hydrogen-bond acceptors (Lipinski definition) is 2. The third-order valence-electron chi connectivity index (χ3n) is 4.08. The Labute approximate surface area is 108 Å². The van der Waals surface area contributed by atoms with Gasteiger partial charge in [-0.1, -0.05) is 19.1 Å². The van der Waals surface area contributed by atoms with Crippen molar-refractivity contribution in [2.24, 2.45) is 5.92 Å². The van der Waals surface area contributed by atoms with Gasteiger partial charge in [0.15, 0.2) is 0 Å². The highest BCUT2D eigenvalue weighted by molar-refractivity contribution is 5.95. The van der Waals surface area contributed by atoms with E-state index in [0.717, 1.165) is 38.2 Å². The average molecular weight is 244 g/mol. The molecule has 96 valence electrons. The first-order valence-corrected chi connectivity index (χ1v) is 6.87. The van der Waals surface area contributed by atoms with Crippen molar-refractivity contribution < 1.29 is 4.79 Å². The molecule has 2 aliphatic rings. The second-order valence-corrected chi connectivity index (χ2v) is 5.48. The summed E-state index contributed by atoms with van der Waals surface area (Å²) < 4.78 is 0. The van der Waals surface area contributed by atoms with Crippen LogP contribution in [-0.4, -0.2) is 19.0 Å². The number of nitrogens with one attached hydrogen (secondary N) is 1. The van der Waals surface area contributed by atoms with Crippen molar-refractivity contribution in [1.82, 2.24) is 5.32 Å². The van der Waals surface area contributed by atoms with E-state index >= 15 is 0 Å². The van der Waals surface area contributed by atoms with Gasteiger partial charge in [0, 0.05) is 25.2 Å². The molecule has 3 nitrogen and oxygen atoms in total. The molecule has 0 spiro atoms. The monoisotopic (exact) mass is 244 g/mol. The van der Waals surface area contributed by atoms with E-state index in [1.807, 2.05) is 4.90 Å². The molecule has 0 aliphatic carbocycles. The Morgan fingerprint density at radius 3 is 3.11 bits per heavy atom. The SMILES string of the molecule is CC1CCN(c2cccc3c2CCNC3)C(=O)C1. The van der Waals surface area contributed by atoms with Crippen LogP contribution in [0.1, 0.15) is 30.9 Å². The quantitative estimate of drug-likeness (QED) is 0.820. The van der Waals surface area contributed by atoms with Crippen molar-refractivity contribution in [3.8, 4) is 0 Å². The molecular weight excluding hydrogens is 224 g/mol. The molecule has 1 N–H and O–H groups in total. The first-order chi connectivity index (χ1) is 8.75. The van der Waals surface area contributed by atoms with E-state index in [2.05, 4.69) is 30.4 Å². The summed E-state index contributed by atoms with van der Waals surface area (Å²) in [6, 6.07) is 6.35. The summed E-state index contributed by atoms with van der Waals surface area (Å²) in [6.07, 6.45) is 2.85. The maximum atomic E-state index is 12.2. The van der Waals surface area contributed by atoms with Gasteiger partial charge in [-0.3, -0.25) is 4.79 Å². The lowest BCUT2D eigenvalue weighted by atomic mass is 9.94. The third-order valence-corrected chi connectivity index (χ3v) is 4.08. The summed E-state index contributed by atoms with van der Waals surface area (Å²) in [5, 5.41) is 3.39. The predicted octanol–water partition coefficient (Wildman–Crippen LogP) is 2.10. The van der Waals surface area contributed by atoms with Crippen molar-refractivity contribution in [2.45, 2.75) is 32.7 Å². The Kier molecular flexibility index (Phi) is 3.08. The van der Waals surface area contributed by atoms with E-state index in [4.69, 9.17) is 0 Å². The van der Waals surface area contributed by atoms with Crippen molar-refractivity contribution >= 4 is 11.6 Å². The highest BCUT2D eigenvalue weighted by Gasteiger charge is 2.26. The molecular formula is C15H20N2O. The average Bonchev–Trinajstić information content (AvgIpc) is 2.38. The van der Waals surface area contributed by atoms with Crippen LogP contribution < -0.4 is 10.2 Å². The lowest BCUT2D eigenvalue weighted by Crippen LogP contribution is -2.39. The summed E-state index contributed by atoms with van der Waals surface area (Å²) in [5.74, 6) is 0.829. The summed E-state index contributed by atoms with van der Waals surface area (Å²) >= 11 is 0. The minimum atomic E-state index is 0.292. The van der Waals surface area contributed by atoms with Gasteiger partial charge >= 0.3 is 0 Å². The molecule has 0 aromatic heterocycles. The Balaban J connectivity index is 1.94. The lowest BCUT2D eigenvalue weighted by molar-refractivity contribution is -0.120. The van der Waals surface area contributed by atoms with Gasteiger partial charge in [-0.2, -0.15) is 0 Å². The van der Waals surface area contributed by atoms with Gasteiger partial charge in [0.1, 0.15) is 0 Å². The molecule has 1 unspecified atom stereocenters. The van der Waals surface area contributed by atoms with Crippen LogP contribution >= 0.6 is 0 Å². The molecule has 3 rings (SSSR count). The topological polar surface area (TPSA) is 32.3 Å². The molecule has 0 radical (unpaired) electrons. The predicted molar refractivity (Wildman–Crippen MR) is 72.6 cm³/mol. The van der Waals surface area contributed by atoms with Crippen LogP contribution in [-0.2, 0) is 17.8 Å². The minimum Gasteiger partial charge on any atom is -0.312 e. The molecule has 0 bridgehead atoms. The summed E-state index contributed by atoms with van der Waals surface area (Å²) in [4.78, 5) is 14.2. The Bertz CT molecular complexity index is 470. The number of hydrogen-bond donors (Lipinski definition) is 1. The Hall–Kier alpha value is -1.35. The van der Waals surface area contributed by atoms with Crippen LogP contribution in [0.4, 0.5) is 5.69 Å². The van der Waals surface area contributed by atoms with E-state index in [0.29, 0.717) is 18.2 Å². The lowest BCUT2D eigenvalue weighted by Gasteiger charge is -2.33. The number of nitrogens with zero attached hydrogens (tertiary/aromatic N) is 1. The van der Waals surface area contributed by atoms with Crippen molar-refractivity contribution in [1.29, 1.82) is 0 Å². The van der Waals surface area contributed by atoms with Crippen LogP contribution in [0, 0.1) is 5.92 Å². The molecule has 0 saturated carbocycles. The van der Waals surface area contributed by atoms with Gasteiger partial charge in [-0.05, 0) is 42.5 Å². The minimum absolute atomic E-state index is 0.292. The molecule has 2 heterocycles. The zero-order valence-corrected chi connectivity index (χ0v) is 10.9. The normalized spacial score (nSPS) is 23.9. The first kappa shape index (κ1) is 11.7.